The second-order valence-corrected chi connectivity index (χ2v) is 5.04. The summed E-state index contributed by atoms with van der Waals surface area (Å²) < 4.78 is 9.83. The first-order valence-electron chi connectivity index (χ1n) is 7.43. The summed E-state index contributed by atoms with van der Waals surface area (Å²) >= 11 is 0. The maximum atomic E-state index is 12.3. The van der Waals surface area contributed by atoms with Crippen molar-refractivity contribution in [2.24, 2.45) is 0 Å². The van der Waals surface area contributed by atoms with Crippen molar-refractivity contribution in [3.8, 4) is 5.75 Å². The van der Waals surface area contributed by atoms with E-state index < -0.39 is 5.97 Å². The second kappa shape index (κ2) is 8.57. The van der Waals surface area contributed by atoms with Crippen LogP contribution in [0.5, 0.6) is 5.75 Å². The number of nitrogens with one attached hydrogen (secondary N) is 1. The summed E-state index contributed by atoms with van der Waals surface area (Å²) in [5.74, 6) is 0.0600. The molecular weight excluding hydrogens is 308 g/mol. The number of rotatable bonds is 7. The summed E-state index contributed by atoms with van der Waals surface area (Å²) in [6, 6.07) is 16.3. The fourth-order valence-electron chi connectivity index (χ4n) is 2.15. The number of benzene rings is 2. The van der Waals surface area contributed by atoms with Crippen LogP contribution in [0, 0.1) is 0 Å². The van der Waals surface area contributed by atoms with E-state index in [-0.39, 0.29) is 19.0 Å². The molecule has 0 fully saturated rings. The van der Waals surface area contributed by atoms with Crippen LogP contribution in [-0.4, -0.2) is 39.2 Å². The molecule has 0 aliphatic rings. The first-order valence-corrected chi connectivity index (χ1v) is 7.43. The number of hydrogen-bond acceptors (Lipinski definition) is 5. The Morgan fingerprint density at radius 3 is 2.21 bits per heavy atom. The van der Waals surface area contributed by atoms with Crippen molar-refractivity contribution < 1.29 is 19.1 Å². The van der Waals surface area contributed by atoms with Crippen molar-refractivity contribution in [1.82, 2.24) is 0 Å². The molecule has 2 aromatic carbocycles. The number of ether oxygens (including phenoxy) is 2. The van der Waals surface area contributed by atoms with Gasteiger partial charge in [0.25, 0.3) is 0 Å². The van der Waals surface area contributed by atoms with E-state index in [9.17, 15) is 9.59 Å². The normalized spacial score (nSPS) is 9.92. The number of methoxy groups -OCH3 is 2. The zero-order chi connectivity index (χ0) is 17.4. The van der Waals surface area contributed by atoms with Crippen LogP contribution in [0.1, 0.15) is 0 Å². The Morgan fingerprint density at radius 2 is 1.62 bits per heavy atom. The first kappa shape index (κ1) is 17.3. The third kappa shape index (κ3) is 5.01. The number of amides is 1. The number of carbonyl (C=O) groups is 2. The number of hydrogen-bond donors (Lipinski definition) is 1. The van der Waals surface area contributed by atoms with Gasteiger partial charge in [-0.15, -0.1) is 0 Å². The van der Waals surface area contributed by atoms with Gasteiger partial charge in [-0.3, -0.25) is 9.59 Å². The molecule has 0 spiro atoms. The summed E-state index contributed by atoms with van der Waals surface area (Å²) in [6.07, 6.45) is 0. The van der Waals surface area contributed by atoms with Gasteiger partial charge in [0.05, 0.1) is 20.8 Å². The van der Waals surface area contributed by atoms with Gasteiger partial charge in [0.1, 0.15) is 12.3 Å². The average Bonchev–Trinajstić information content (AvgIpc) is 2.62. The molecule has 0 radical (unpaired) electrons. The van der Waals surface area contributed by atoms with Crippen LogP contribution in [0.3, 0.4) is 0 Å². The summed E-state index contributed by atoms with van der Waals surface area (Å²) in [7, 11) is 2.90. The van der Waals surface area contributed by atoms with E-state index in [1.807, 2.05) is 18.2 Å². The summed E-state index contributed by atoms with van der Waals surface area (Å²) in [6.45, 7) is 0.00135. The minimum Gasteiger partial charge on any atom is -0.497 e. The van der Waals surface area contributed by atoms with E-state index in [4.69, 9.17) is 9.47 Å². The lowest BCUT2D eigenvalue weighted by atomic mass is 10.2. The van der Waals surface area contributed by atoms with Crippen LogP contribution >= 0.6 is 0 Å². The van der Waals surface area contributed by atoms with Crippen LogP contribution in [0.2, 0.25) is 0 Å². The molecule has 2 rings (SSSR count). The average molecular weight is 328 g/mol. The van der Waals surface area contributed by atoms with E-state index in [1.165, 1.54) is 7.11 Å². The second-order valence-electron chi connectivity index (χ2n) is 5.04. The van der Waals surface area contributed by atoms with E-state index in [0.29, 0.717) is 11.4 Å². The zero-order valence-corrected chi connectivity index (χ0v) is 13.7. The molecule has 0 saturated carbocycles. The zero-order valence-electron chi connectivity index (χ0n) is 13.7. The molecule has 1 N–H and O–H groups in total. The Balaban J connectivity index is 2.09. The molecule has 126 valence electrons. The monoisotopic (exact) mass is 328 g/mol. The predicted molar refractivity (Wildman–Crippen MR) is 92.3 cm³/mol. The Morgan fingerprint density at radius 1 is 0.958 bits per heavy atom. The molecule has 0 heterocycles. The topological polar surface area (TPSA) is 67.9 Å². The highest BCUT2D eigenvalue weighted by Gasteiger charge is 2.16. The molecule has 0 atom stereocenters. The standard InChI is InChI=1S/C18H20N2O4/c1-23-16-10-8-15(9-11-16)20(13-18(22)24-2)12-17(21)19-14-6-4-3-5-7-14/h3-11H,12-13H2,1-2H3,(H,19,21). The minimum atomic E-state index is -0.418. The smallest absolute Gasteiger partial charge is 0.325 e. The van der Waals surface area contributed by atoms with Crippen molar-refractivity contribution in [3.05, 3.63) is 54.6 Å². The van der Waals surface area contributed by atoms with Crippen molar-refractivity contribution in [3.63, 3.8) is 0 Å². The lowest BCUT2D eigenvalue weighted by Gasteiger charge is -2.23. The molecule has 0 saturated heterocycles. The lowest BCUT2D eigenvalue weighted by Crippen LogP contribution is -2.37. The van der Waals surface area contributed by atoms with Gasteiger partial charge in [-0.05, 0) is 36.4 Å². The number of esters is 1. The SMILES string of the molecule is COC(=O)CN(CC(=O)Nc1ccccc1)c1ccc(OC)cc1. The fourth-order valence-corrected chi connectivity index (χ4v) is 2.15. The molecule has 0 bridgehead atoms. The molecule has 0 aliphatic heterocycles. The maximum absolute atomic E-state index is 12.3. The molecule has 0 unspecified atom stereocenters. The number of carbonyl (C=O) groups excluding carboxylic acids is 2. The van der Waals surface area contributed by atoms with Gasteiger partial charge >= 0.3 is 5.97 Å². The fraction of sp³-hybridized carbons (Fsp3) is 0.222. The highest BCUT2D eigenvalue weighted by atomic mass is 16.5. The van der Waals surface area contributed by atoms with Crippen molar-refractivity contribution in [2.75, 3.05) is 37.5 Å². The van der Waals surface area contributed by atoms with E-state index in [0.717, 1.165) is 5.69 Å². The highest BCUT2D eigenvalue weighted by Crippen LogP contribution is 2.19. The summed E-state index contributed by atoms with van der Waals surface area (Å²) in [4.78, 5) is 25.5. The number of para-hydroxylation sites is 1. The molecule has 2 aromatic rings. The van der Waals surface area contributed by atoms with Gasteiger partial charge in [0.15, 0.2) is 0 Å². The Hall–Kier alpha value is -3.02. The van der Waals surface area contributed by atoms with Crippen LogP contribution in [0.25, 0.3) is 0 Å². The molecule has 1 amide bonds. The lowest BCUT2D eigenvalue weighted by molar-refractivity contribution is -0.138. The third-order valence-corrected chi connectivity index (χ3v) is 3.38. The molecule has 6 nitrogen and oxygen atoms in total. The predicted octanol–water partition coefficient (Wildman–Crippen LogP) is 2.31. The minimum absolute atomic E-state index is 0.0228. The van der Waals surface area contributed by atoms with E-state index >= 15 is 0 Å². The van der Waals surface area contributed by atoms with E-state index in [1.54, 1.807) is 48.4 Å². The Bertz CT molecular complexity index is 671. The van der Waals surface area contributed by atoms with Gasteiger partial charge in [-0.1, -0.05) is 18.2 Å². The van der Waals surface area contributed by atoms with Crippen LogP contribution in [0.4, 0.5) is 11.4 Å². The molecule has 24 heavy (non-hydrogen) atoms. The molecule has 0 aliphatic carbocycles. The van der Waals surface area contributed by atoms with Crippen molar-refractivity contribution in [1.29, 1.82) is 0 Å². The largest absolute Gasteiger partial charge is 0.497 e. The highest BCUT2D eigenvalue weighted by molar-refractivity contribution is 5.94. The molecule has 6 heteroatoms. The van der Waals surface area contributed by atoms with Gasteiger partial charge < -0.3 is 19.7 Å². The first-order chi connectivity index (χ1) is 11.6. The molecular formula is C18H20N2O4. The van der Waals surface area contributed by atoms with Gasteiger partial charge in [-0.25, -0.2) is 0 Å². The summed E-state index contributed by atoms with van der Waals surface area (Å²) in [5, 5.41) is 2.80. The summed E-state index contributed by atoms with van der Waals surface area (Å²) in [5.41, 5.74) is 1.43. The third-order valence-electron chi connectivity index (χ3n) is 3.38. The van der Waals surface area contributed by atoms with Crippen molar-refractivity contribution >= 4 is 23.3 Å². The van der Waals surface area contributed by atoms with Gasteiger partial charge in [-0.2, -0.15) is 0 Å². The molecule has 0 aromatic heterocycles. The van der Waals surface area contributed by atoms with Gasteiger partial charge in [0.2, 0.25) is 5.91 Å². The number of nitrogens with zero attached hydrogens (tertiary/aromatic N) is 1. The maximum Gasteiger partial charge on any atom is 0.325 e. The van der Waals surface area contributed by atoms with E-state index in [2.05, 4.69) is 5.32 Å². The van der Waals surface area contributed by atoms with Gasteiger partial charge in [0, 0.05) is 11.4 Å². The van der Waals surface area contributed by atoms with Crippen molar-refractivity contribution in [2.45, 2.75) is 0 Å². The quantitative estimate of drug-likeness (QED) is 0.790. The number of anilines is 2. The van der Waals surface area contributed by atoms with Crippen LogP contribution in [0.15, 0.2) is 54.6 Å². The van der Waals surface area contributed by atoms with Crippen LogP contribution in [-0.2, 0) is 14.3 Å². The van der Waals surface area contributed by atoms with Crippen LogP contribution < -0.4 is 15.0 Å². The Kier molecular flexibility index (Phi) is 6.19. The Labute approximate surface area is 141 Å².